The van der Waals surface area contributed by atoms with Crippen molar-refractivity contribution in [2.75, 3.05) is 26.2 Å². The molecular formula is C15H18Cl2N2O2. The lowest BCUT2D eigenvalue weighted by Gasteiger charge is -2.22. The molecule has 0 N–H and O–H groups in total. The van der Waals surface area contributed by atoms with Gasteiger partial charge in [0.1, 0.15) is 0 Å². The Morgan fingerprint density at radius 3 is 2.38 bits per heavy atom. The number of amides is 2. The van der Waals surface area contributed by atoms with Gasteiger partial charge in [-0.2, -0.15) is 0 Å². The number of hydrogen-bond acceptors (Lipinski definition) is 2. The van der Waals surface area contributed by atoms with Gasteiger partial charge >= 0.3 is 0 Å². The second kappa shape index (κ2) is 7.14. The molecular weight excluding hydrogens is 311 g/mol. The number of carbonyl (C=O) groups is 2. The molecule has 2 amide bonds. The quantitative estimate of drug-likeness (QED) is 0.837. The fraction of sp³-hybridized carbons (Fsp3) is 0.467. The normalized spacial score (nSPS) is 15.8. The third-order valence-electron chi connectivity index (χ3n) is 3.60. The summed E-state index contributed by atoms with van der Waals surface area (Å²) in [7, 11) is 0. The van der Waals surface area contributed by atoms with Gasteiger partial charge in [-0.3, -0.25) is 9.59 Å². The van der Waals surface area contributed by atoms with E-state index in [0.29, 0.717) is 48.2 Å². The zero-order valence-corrected chi connectivity index (χ0v) is 13.5. The predicted octanol–water partition coefficient (Wildman–Crippen LogP) is 3.08. The van der Waals surface area contributed by atoms with E-state index in [9.17, 15) is 9.59 Å². The summed E-state index contributed by atoms with van der Waals surface area (Å²) in [5.74, 6) is 0.0678. The Bertz CT molecular complexity index is 548. The molecule has 1 heterocycles. The standard InChI is InChI=1S/C15H18Cl2N2O2/c1-2-14(20)18-6-3-7-19(9-8-18)15(21)11-4-5-12(16)13(17)10-11/h4-5,10H,2-3,6-9H2,1H3. The molecule has 0 unspecified atom stereocenters. The molecule has 0 aromatic heterocycles. The van der Waals surface area contributed by atoms with Crippen molar-refractivity contribution in [2.24, 2.45) is 0 Å². The number of halogens is 2. The Labute approximate surface area is 134 Å². The molecule has 114 valence electrons. The van der Waals surface area contributed by atoms with Crippen molar-refractivity contribution in [1.82, 2.24) is 9.80 Å². The molecule has 1 aromatic carbocycles. The van der Waals surface area contributed by atoms with Crippen LogP contribution in [0.2, 0.25) is 10.0 Å². The van der Waals surface area contributed by atoms with Crippen LogP contribution in [0.5, 0.6) is 0 Å². The third-order valence-corrected chi connectivity index (χ3v) is 4.34. The smallest absolute Gasteiger partial charge is 0.253 e. The van der Waals surface area contributed by atoms with Gasteiger partial charge in [0.25, 0.3) is 5.91 Å². The van der Waals surface area contributed by atoms with Crippen LogP contribution in [0, 0.1) is 0 Å². The van der Waals surface area contributed by atoms with E-state index < -0.39 is 0 Å². The van der Waals surface area contributed by atoms with Crippen molar-refractivity contribution in [3.63, 3.8) is 0 Å². The number of carbonyl (C=O) groups excluding carboxylic acids is 2. The van der Waals surface area contributed by atoms with Crippen LogP contribution in [0.3, 0.4) is 0 Å². The molecule has 0 radical (unpaired) electrons. The summed E-state index contributed by atoms with van der Waals surface area (Å²) in [6.45, 7) is 4.33. The van der Waals surface area contributed by atoms with Crippen LogP contribution in [0.1, 0.15) is 30.1 Å². The first-order chi connectivity index (χ1) is 10.0. The lowest BCUT2D eigenvalue weighted by Crippen LogP contribution is -2.37. The van der Waals surface area contributed by atoms with Crippen LogP contribution in [0.25, 0.3) is 0 Å². The average Bonchev–Trinajstić information content (AvgIpc) is 2.74. The summed E-state index contributed by atoms with van der Waals surface area (Å²) < 4.78 is 0. The zero-order valence-electron chi connectivity index (χ0n) is 11.9. The van der Waals surface area contributed by atoms with Crippen LogP contribution < -0.4 is 0 Å². The van der Waals surface area contributed by atoms with Gasteiger partial charge < -0.3 is 9.80 Å². The van der Waals surface area contributed by atoms with Crippen LogP contribution in [0.4, 0.5) is 0 Å². The van der Waals surface area contributed by atoms with E-state index in [0.717, 1.165) is 6.42 Å². The molecule has 21 heavy (non-hydrogen) atoms. The van der Waals surface area contributed by atoms with Crippen molar-refractivity contribution in [3.05, 3.63) is 33.8 Å². The molecule has 2 rings (SSSR count). The molecule has 1 aliphatic rings. The number of hydrogen-bond donors (Lipinski definition) is 0. The van der Waals surface area contributed by atoms with Crippen LogP contribution in [-0.2, 0) is 4.79 Å². The second-order valence-corrected chi connectivity index (χ2v) is 5.82. The second-order valence-electron chi connectivity index (χ2n) is 5.01. The average molecular weight is 329 g/mol. The predicted molar refractivity (Wildman–Crippen MR) is 83.9 cm³/mol. The first kappa shape index (κ1) is 16.1. The SMILES string of the molecule is CCC(=O)N1CCCN(C(=O)c2ccc(Cl)c(Cl)c2)CC1. The minimum Gasteiger partial charge on any atom is -0.341 e. The van der Waals surface area contributed by atoms with Crippen LogP contribution in [0.15, 0.2) is 18.2 Å². The minimum atomic E-state index is -0.0700. The topological polar surface area (TPSA) is 40.6 Å². The lowest BCUT2D eigenvalue weighted by atomic mass is 10.2. The van der Waals surface area contributed by atoms with Crippen molar-refractivity contribution in [2.45, 2.75) is 19.8 Å². The van der Waals surface area contributed by atoms with E-state index in [1.54, 1.807) is 23.1 Å². The largest absolute Gasteiger partial charge is 0.341 e. The fourth-order valence-electron chi connectivity index (χ4n) is 2.41. The van der Waals surface area contributed by atoms with E-state index in [4.69, 9.17) is 23.2 Å². The van der Waals surface area contributed by atoms with E-state index in [1.807, 2.05) is 11.8 Å². The molecule has 1 fully saturated rings. The molecule has 0 saturated carbocycles. The highest BCUT2D eigenvalue weighted by Gasteiger charge is 2.22. The monoisotopic (exact) mass is 328 g/mol. The van der Waals surface area contributed by atoms with Crippen molar-refractivity contribution in [1.29, 1.82) is 0 Å². The Morgan fingerprint density at radius 1 is 1.05 bits per heavy atom. The molecule has 1 saturated heterocycles. The lowest BCUT2D eigenvalue weighted by molar-refractivity contribution is -0.130. The number of rotatable bonds is 2. The summed E-state index contributed by atoms with van der Waals surface area (Å²) in [5, 5.41) is 0.809. The van der Waals surface area contributed by atoms with Gasteiger partial charge in [-0.1, -0.05) is 30.1 Å². The highest BCUT2D eigenvalue weighted by Crippen LogP contribution is 2.23. The molecule has 6 heteroatoms. The van der Waals surface area contributed by atoms with Gasteiger partial charge in [-0.05, 0) is 24.6 Å². The Morgan fingerprint density at radius 2 is 1.71 bits per heavy atom. The summed E-state index contributed by atoms with van der Waals surface area (Å²) in [6.07, 6.45) is 1.29. The van der Waals surface area contributed by atoms with Gasteiger partial charge in [-0.15, -0.1) is 0 Å². The van der Waals surface area contributed by atoms with Gasteiger partial charge in [-0.25, -0.2) is 0 Å². The first-order valence-corrected chi connectivity index (χ1v) is 7.80. The van der Waals surface area contributed by atoms with E-state index in [1.165, 1.54) is 0 Å². The summed E-state index contributed by atoms with van der Waals surface area (Å²) in [5.41, 5.74) is 0.527. The molecule has 4 nitrogen and oxygen atoms in total. The van der Waals surface area contributed by atoms with Crippen LogP contribution >= 0.6 is 23.2 Å². The molecule has 1 aromatic rings. The van der Waals surface area contributed by atoms with Crippen molar-refractivity contribution >= 4 is 35.0 Å². The zero-order chi connectivity index (χ0) is 15.4. The summed E-state index contributed by atoms with van der Waals surface area (Å²) in [4.78, 5) is 27.8. The molecule has 1 aliphatic heterocycles. The van der Waals surface area contributed by atoms with E-state index in [2.05, 4.69) is 0 Å². The molecule has 0 spiro atoms. The minimum absolute atomic E-state index is 0.0700. The van der Waals surface area contributed by atoms with Crippen molar-refractivity contribution < 1.29 is 9.59 Å². The molecule has 0 bridgehead atoms. The maximum atomic E-state index is 12.5. The van der Waals surface area contributed by atoms with Crippen molar-refractivity contribution in [3.8, 4) is 0 Å². The Balaban J connectivity index is 2.06. The van der Waals surface area contributed by atoms with E-state index >= 15 is 0 Å². The molecule has 0 atom stereocenters. The Kier molecular flexibility index (Phi) is 5.48. The number of benzene rings is 1. The maximum Gasteiger partial charge on any atom is 0.253 e. The maximum absolute atomic E-state index is 12.5. The van der Waals surface area contributed by atoms with Crippen LogP contribution in [-0.4, -0.2) is 47.8 Å². The fourth-order valence-corrected chi connectivity index (χ4v) is 2.70. The first-order valence-electron chi connectivity index (χ1n) is 7.05. The summed E-state index contributed by atoms with van der Waals surface area (Å²) in [6, 6.07) is 4.89. The van der Waals surface area contributed by atoms with Gasteiger partial charge in [0.05, 0.1) is 10.0 Å². The highest BCUT2D eigenvalue weighted by atomic mass is 35.5. The van der Waals surface area contributed by atoms with E-state index in [-0.39, 0.29) is 11.8 Å². The molecule has 0 aliphatic carbocycles. The Hall–Kier alpha value is -1.26. The number of nitrogens with zero attached hydrogens (tertiary/aromatic N) is 2. The van der Waals surface area contributed by atoms with Gasteiger partial charge in [0.2, 0.25) is 5.91 Å². The highest BCUT2D eigenvalue weighted by molar-refractivity contribution is 6.42. The van der Waals surface area contributed by atoms with Gasteiger partial charge in [0, 0.05) is 38.2 Å². The van der Waals surface area contributed by atoms with Gasteiger partial charge in [0.15, 0.2) is 0 Å². The third kappa shape index (κ3) is 3.89. The summed E-state index contributed by atoms with van der Waals surface area (Å²) >= 11 is 11.8.